The molecule has 1 unspecified atom stereocenters. The number of anilines is 1. The van der Waals surface area contributed by atoms with Gasteiger partial charge in [-0.2, -0.15) is 0 Å². The molecule has 1 aromatic carbocycles. The van der Waals surface area contributed by atoms with E-state index in [-0.39, 0.29) is 17.2 Å². The minimum absolute atomic E-state index is 0.0198. The van der Waals surface area contributed by atoms with Gasteiger partial charge in [0, 0.05) is 49.7 Å². The third-order valence-corrected chi connectivity index (χ3v) is 6.46. The van der Waals surface area contributed by atoms with Crippen molar-refractivity contribution in [3.05, 3.63) is 23.8 Å². The first-order valence-electron chi connectivity index (χ1n) is 9.03. The zero-order chi connectivity index (χ0) is 18.1. The molecule has 1 N–H and O–H groups in total. The molecule has 2 fully saturated rings. The Morgan fingerprint density at radius 2 is 1.88 bits per heavy atom. The van der Waals surface area contributed by atoms with Gasteiger partial charge in [0.15, 0.2) is 0 Å². The van der Waals surface area contributed by atoms with Crippen molar-refractivity contribution in [2.24, 2.45) is 0 Å². The number of piperazine rings is 1. The van der Waals surface area contributed by atoms with Crippen molar-refractivity contribution in [2.45, 2.75) is 10.3 Å². The predicted molar refractivity (Wildman–Crippen MR) is 101 cm³/mol. The molecule has 1 aromatic rings. The van der Waals surface area contributed by atoms with E-state index < -0.39 is 0 Å². The number of rotatable bonds is 2. The zero-order valence-electron chi connectivity index (χ0n) is 14.9. The number of amides is 2. The van der Waals surface area contributed by atoms with Crippen molar-refractivity contribution < 1.29 is 14.3 Å². The average molecular weight is 376 g/mol. The number of carbonyl (C=O) groups is 2. The van der Waals surface area contributed by atoms with E-state index in [9.17, 15) is 9.59 Å². The number of fused-ring (bicyclic) bond motifs is 1. The molecular weight excluding hydrogens is 352 g/mol. The predicted octanol–water partition coefficient (Wildman–Crippen LogP) is 0.777. The molecular formula is C18H24N4O3S. The van der Waals surface area contributed by atoms with Gasteiger partial charge in [-0.3, -0.25) is 14.5 Å². The third kappa shape index (κ3) is 3.59. The fraction of sp³-hybridized carbons (Fsp3) is 0.556. The fourth-order valence-electron chi connectivity index (χ4n) is 3.48. The molecule has 140 valence electrons. The summed E-state index contributed by atoms with van der Waals surface area (Å²) in [7, 11) is 2.07. The van der Waals surface area contributed by atoms with Crippen molar-refractivity contribution in [3.8, 4) is 0 Å². The average Bonchev–Trinajstić information content (AvgIpc) is 2.68. The highest BCUT2D eigenvalue weighted by atomic mass is 32.2. The highest BCUT2D eigenvalue weighted by Gasteiger charge is 2.33. The van der Waals surface area contributed by atoms with E-state index in [1.807, 2.05) is 23.1 Å². The Hall–Kier alpha value is -1.61. The quantitative estimate of drug-likeness (QED) is 0.823. The summed E-state index contributed by atoms with van der Waals surface area (Å²) in [5.74, 6) is 0.0176. The Bertz CT molecular complexity index is 700. The Morgan fingerprint density at radius 3 is 2.62 bits per heavy atom. The van der Waals surface area contributed by atoms with Crippen LogP contribution in [0.5, 0.6) is 0 Å². The number of nitrogens with zero attached hydrogens (tertiary/aromatic N) is 3. The van der Waals surface area contributed by atoms with Crippen LogP contribution < -0.4 is 5.32 Å². The lowest BCUT2D eigenvalue weighted by Crippen LogP contribution is -2.48. The molecule has 1 atom stereocenters. The SMILES string of the molecule is CN1CCN(C(=O)c2ccc3c(c2)NC(=O)C(N2CCOCC2)S3)CC1. The van der Waals surface area contributed by atoms with Crippen LogP contribution in [0.3, 0.4) is 0 Å². The number of morpholine rings is 1. The van der Waals surface area contributed by atoms with Crippen molar-refractivity contribution in [1.82, 2.24) is 14.7 Å². The lowest BCUT2D eigenvalue weighted by Gasteiger charge is -2.36. The normalized spacial score (nSPS) is 24.9. The van der Waals surface area contributed by atoms with Crippen LogP contribution in [0.25, 0.3) is 0 Å². The maximum absolute atomic E-state index is 12.8. The second kappa shape index (κ2) is 7.56. The Kier molecular flexibility index (Phi) is 5.17. The van der Waals surface area contributed by atoms with Gasteiger partial charge in [0.25, 0.3) is 11.8 Å². The summed E-state index contributed by atoms with van der Waals surface area (Å²) in [4.78, 5) is 32.6. The topological polar surface area (TPSA) is 65.1 Å². The van der Waals surface area contributed by atoms with Gasteiger partial charge in [-0.05, 0) is 25.2 Å². The Labute approximate surface area is 157 Å². The first kappa shape index (κ1) is 17.8. The molecule has 2 saturated heterocycles. The first-order chi connectivity index (χ1) is 12.6. The van der Waals surface area contributed by atoms with Gasteiger partial charge in [0.05, 0.1) is 18.9 Å². The Morgan fingerprint density at radius 1 is 1.15 bits per heavy atom. The van der Waals surface area contributed by atoms with Gasteiger partial charge >= 0.3 is 0 Å². The number of benzene rings is 1. The lowest BCUT2D eigenvalue weighted by atomic mass is 10.1. The number of nitrogens with one attached hydrogen (secondary N) is 1. The molecule has 0 aromatic heterocycles. The number of carbonyl (C=O) groups excluding carboxylic acids is 2. The number of likely N-dealkylation sites (N-methyl/N-ethyl adjacent to an activating group) is 1. The molecule has 0 saturated carbocycles. The molecule has 26 heavy (non-hydrogen) atoms. The minimum Gasteiger partial charge on any atom is -0.379 e. The Balaban J connectivity index is 1.48. The molecule has 0 radical (unpaired) electrons. The fourth-order valence-corrected chi connectivity index (χ4v) is 4.63. The largest absolute Gasteiger partial charge is 0.379 e. The molecule has 8 heteroatoms. The number of thioether (sulfide) groups is 1. The van der Waals surface area contributed by atoms with Crippen molar-refractivity contribution in [3.63, 3.8) is 0 Å². The summed E-state index contributed by atoms with van der Waals surface area (Å²) >= 11 is 1.55. The molecule has 3 aliphatic rings. The highest BCUT2D eigenvalue weighted by Crippen LogP contribution is 2.38. The number of hydrogen-bond donors (Lipinski definition) is 1. The van der Waals surface area contributed by atoms with Gasteiger partial charge in [0.1, 0.15) is 5.37 Å². The molecule has 7 nitrogen and oxygen atoms in total. The van der Waals surface area contributed by atoms with Gasteiger partial charge in [0.2, 0.25) is 0 Å². The van der Waals surface area contributed by atoms with Crippen LogP contribution in [0.15, 0.2) is 23.1 Å². The second-order valence-electron chi connectivity index (χ2n) is 6.91. The zero-order valence-corrected chi connectivity index (χ0v) is 15.8. The first-order valence-corrected chi connectivity index (χ1v) is 9.91. The van der Waals surface area contributed by atoms with E-state index in [0.717, 1.165) is 49.9 Å². The standard InChI is InChI=1S/C18H24N4O3S/c1-20-4-6-21(7-5-20)17(24)13-2-3-15-14(12-13)19-16(23)18(26-15)22-8-10-25-11-9-22/h2-3,12,18H,4-11H2,1H3,(H,19,23). The van der Waals surface area contributed by atoms with Crippen molar-refractivity contribution in [2.75, 3.05) is 64.8 Å². The lowest BCUT2D eigenvalue weighted by molar-refractivity contribution is -0.119. The van der Waals surface area contributed by atoms with E-state index in [0.29, 0.717) is 18.8 Å². The van der Waals surface area contributed by atoms with E-state index in [2.05, 4.69) is 22.2 Å². The van der Waals surface area contributed by atoms with Crippen LogP contribution in [0, 0.1) is 0 Å². The van der Waals surface area contributed by atoms with Crippen LogP contribution in [-0.2, 0) is 9.53 Å². The molecule has 2 amide bonds. The third-order valence-electron chi connectivity index (χ3n) is 5.12. The summed E-state index contributed by atoms with van der Waals surface area (Å²) in [5, 5.41) is 2.76. The highest BCUT2D eigenvalue weighted by molar-refractivity contribution is 8.00. The van der Waals surface area contributed by atoms with Gasteiger partial charge in [-0.1, -0.05) is 11.8 Å². The maximum atomic E-state index is 12.8. The van der Waals surface area contributed by atoms with Crippen LogP contribution in [-0.4, -0.2) is 91.4 Å². The van der Waals surface area contributed by atoms with E-state index in [1.165, 1.54) is 0 Å². The van der Waals surface area contributed by atoms with Gasteiger partial charge in [-0.15, -0.1) is 0 Å². The molecule has 0 aliphatic carbocycles. The minimum atomic E-state index is -0.231. The number of hydrogen-bond acceptors (Lipinski definition) is 6. The number of ether oxygens (including phenoxy) is 1. The van der Waals surface area contributed by atoms with Crippen molar-refractivity contribution in [1.29, 1.82) is 0 Å². The van der Waals surface area contributed by atoms with Crippen LogP contribution in [0.4, 0.5) is 5.69 Å². The summed E-state index contributed by atoms with van der Waals surface area (Å²) < 4.78 is 5.37. The van der Waals surface area contributed by atoms with E-state index in [1.54, 1.807) is 11.8 Å². The summed E-state index contributed by atoms with van der Waals surface area (Å²) in [5.41, 5.74) is 1.38. The molecule has 3 aliphatic heterocycles. The van der Waals surface area contributed by atoms with Gasteiger partial charge < -0.3 is 19.9 Å². The van der Waals surface area contributed by atoms with Gasteiger partial charge in [-0.25, -0.2) is 0 Å². The summed E-state index contributed by atoms with van der Waals surface area (Å²) in [6.07, 6.45) is 0. The molecule has 0 bridgehead atoms. The maximum Gasteiger partial charge on any atom is 0.254 e. The van der Waals surface area contributed by atoms with E-state index in [4.69, 9.17) is 4.74 Å². The van der Waals surface area contributed by atoms with Crippen LogP contribution in [0.1, 0.15) is 10.4 Å². The van der Waals surface area contributed by atoms with E-state index >= 15 is 0 Å². The van der Waals surface area contributed by atoms with Crippen LogP contribution in [0.2, 0.25) is 0 Å². The molecule has 4 rings (SSSR count). The smallest absolute Gasteiger partial charge is 0.254 e. The summed E-state index contributed by atoms with van der Waals surface area (Å²) in [6, 6.07) is 5.65. The van der Waals surface area contributed by atoms with Crippen molar-refractivity contribution >= 4 is 29.3 Å². The molecule has 0 spiro atoms. The monoisotopic (exact) mass is 376 g/mol. The van der Waals surface area contributed by atoms with Crippen LogP contribution >= 0.6 is 11.8 Å². The summed E-state index contributed by atoms with van der Waals surface area (Å²) in [6.45, 7) is 6.13. The molecule has 3 heterocycles. The second-order valence-corrected chi connectivity index (χ2v) is 8.04.